The fourth-order valence-corrected chi connectivity index (χ4v) is 4.57. The van der Waals surface area contributed by atoms with Gasteiger partial charge >= 0.3 is 0 Å². The zero-order valence-corrected chi connectivity index (χ0v) is 17.6. The summed E-state index contributed by atoms with van der Waals surface area (Å²) in [6, 6.07) is 17.7. The van der Waals surface area contributed by atoms with E-state index >= 15 is 0 Å². The predicted molar refractivity (Wildman–Crippen MR) is 113 cm³/mol. The normalized spacial score (nSPS) is 11.5. The van der Waals surface area contributed by atoms with Crippen molar-refractivity contribution in [3.8, 4) is 11.4 Å². The summed E-state index contributed by atoms with van der Waals surface area (Å²) in [5.41, 5.74) is 2.21. The molecule has 0 radical (unpaired) electrons. The van der Waals surface area contributed by atoms with E-state index in [9.17, 15) is 8.42 Å². The standard InChI is InChI=1S/C21H20N6O3S/c1-30-21-12-19(9-10-20(21)27-16-23-24-25-27)31(28,29)26(14-17-6-3-2-4-7-17)15-18-8-5-11-22-13-18/h2-13,16H,14-15H2,1H3. The highest BCUT2D eigenvalue weighted by atomic mass is 32.2. The summed E-state index contributed by atoms with van der Waals surface area (Å²) < 4.78 is 35.5. The molecule has 0 saturated carbocycles. The molecule has 2 aromatic heterocycles. The van der Waals surface area contributed by atoms with E-state index in [0.717, 1.165) is 11.1 Å². The molecule has 9 nitrogen and oxygen atoms in total. The minimum absolute atomic E-state index is 0.112. The van der Waals surface area contributed by atoms with Crippen LogP contribution in [0.4, 0.5) is 0 Å². The molecule has 4 rings (SSSR count). The summed E-state index contributed by atoms with van der Waals surface area (Å²) in [5.74, 6) is 0.342. The molecule has 2 heterocycles. The highest BCUT2D eigenvalue weighted by Crippen LogP contribution is 2.28. The van der Waals surface area contributed by atoms with Gasteiger partial charge in [-0.3, -0.25) is 4.98 Å². The van der Waals surface area contributed by atoms with Gasteiger partial charge in [0.05, 0.1) is 12.0 Å². The Morgan fingerprint density at radius 1 is 1.00 bits per heavy atom. The summed E-state index contributed by atoms with van der Waals surface area (Å²) in [6.45, 7) is 0.400. The van der Waals surface area contributed by atoms with Crippen molar-refractivity contribution in [3.63, 3.8) is 0 Å². The number of hydrogen-bond donors (Lipinski definition) is 0. The zero-order chi connectivity index (χ0) is 21.7. The van der Waals surface area contributed by atoms with Gasteiger partial charge in [0.25, 0.3) is 0 Å². The number of benzene rings is 2. The van der Waals surface area contributed by atoms with Crippen molar-refractivity contribution in [2.75, 3.05) is 7.11 Å². The number of aromatic nitrogens is 5. The SMILES string of the molecule is COc1cc(S(=O)(=O)N(Cc2ccccc2)Cc2cccnc2)ccc1-n1cnnn1. The first-order valence-electron chi connectivity index (χ1n) is 9.42. The third-order valence-electron chi connectivity index (χ3n) is 4.67. The highest BCUT2D eigenvalue weighted by Gasteiger charge is 2.26. The van der Waals surface area contributed by atoms with Crippen LogP contribution in [0.3, 0.4) is 0 Å². The van der Waals surface area contributed by atoms with Crippen molar-refractivity contribution in [2.45, 2.75) is 18.0 Å². The summed E-state index contributed by atoms with van der Waals surface area (Å²) in [5, 5.41) is 11.1. The van der Waals surface area contributed by atoms with E-state index in [1.165, 1.54) is 34.6 Å². The molecule has 0 aliphatic carbocycles. The van der Waals surface area contributed by atoms with E-state index < -0.39 is 10.0 Å². The molecule has 0 unspecified atom stereocenters. The molecule has 31 heavy (non-hydrogen) atoms. The third kappa shape index (κ3) is 4.60. The van der Waals surface area contributed by atoms with Gasteiger partial charge < -0.3 is 4.74 Å². The molecule has 0 atom stereocenters. The Kier molecular flexibility index (Phi) is 6.01. The lowest BCUT2D eigenvalue weighted by molar-refractivity contribution is 0.397. The monoisotopic (exact) mass is 436 g/mol. The minimum Gasteiger partial charge on any atom is -0.494 e. The first-order valence-corrected chi connectivity index (χ1v) is 10.9. The van der Waals surface area contributed by atoms with Gasteiger partial charge in [0.1, 0.15) is 17.8 Å². The maximum Gasteiger partial charge on any atom is 0.243 e. The van der Waals surface area contributed by atoms with E-state index in [0.29, 0.717) is 11.4 Å². The molecule has 10 heteroatoms. The lowest BCUT2D eigenvalue weighted by Crippen LogP contribution is -2.30. The topological polar surface area (TPSA) is 103 Å². The molecule has 0 amide bonds. The maximum absolute atomic E-state index is 13.6. The van der Waals surface area contributed by atoms with Crippen LogP contribution in [0.25, 0.3) is 5.69 Å². The average molecular weight is 436 g/mol. The van der Waals surface area contributed by atoms with Crippen molar-refractivity contribution in [1.29, 1.82) is 0 Å². The van der Waals surface area contributed by atoms with Gasteiger partial charge in [0, 0.05) is 31.5 Å². The van der Waals surface area contributed by atoms with Crippen LogP contribution >= 0.6 is 0 Å². The van der Waals surface area contributed by atoms with Gasteiger partial charge in [-0.15, -0.1) is 5.10 Å². The molecule has 0 aliphatic rings. The van der Waals surface area contributed by atoms with Crippen molar-refractivity contribution in [1.82, 2.24) is 29.5 Å². The van der Waals surface area contributed by atoms with Crippen LogP contribution in [0.5, 0.6) is 5.75 Å². The Bertz CT molecular complexity index is 1190. The summed E-state index contributed by atoms with van der Waals surface area (Å²) in [7, 11) is -2.38. The van der Waals surface area contributed by atoms with Crippen LogP contribution in [-0.2, 0) is 23.1 Å². The molecule has 0 N–H and O–H groups in total. The molecular weight excluding hydrogens is 416 g/mol. The molecule has 158 valence electrons. The molecule has 0 bridgehead atoms. The summed E-state index contributed by atoms with van der Waals surface area (Å²) in [6.07, 6.45) is 4.73. The van der Waals surface area contributed by atoms with E-state index in [1.807, 2.05) is 36.4 Å². The molecule has 0 spiro atoms. The molecule has 4 aromatic rings. The second-order valence-corrected chi connectivity index (χ2v) is 8.65. The number of tetrazole rings is 1. The van der Waals surface area contributed by atoms with Crippen LogP contribution < -0.4 is 4.74 Å². The largest absolute Gasteiger partial charge is 0.494 e. The number of sulfonamides is 1. The summed E-state index contributed by atoms with van der Waals surface area (Å²) >= 11 is 0. The lowest BCUT2D eigenvalue weighted by Gasteiger charge is -2.23. The van der Waals surface area contributed by atoms with E-state index in [2.05, 4.69) is 20.5 Å². The number of hydrogen-bond acceptors (Lipinski definition) is 7. The Balaban J connectivity index is 1.72. The van der Waals surface area contributed by atoms with Crippen molar-refractivity contribution in [3.05, 3.63) is 90.5 Å². The van der Waals surface area contributed by atoms with Gasteiger partial charge in [-0.05, 0) is 39.8 Å². The maximum atomic E-state index is 13.6. The van der Waals surface area contributed by atoms with Gasteiger partial charge in [0.2, 0.25) is 10.0 Å². The highest BCUT2D eigenvalue weighted by molar-refractivity contribution is 7.89. The first kappa shape index (κ1) is 20.6. The van der Waals surface area contributed by atoms with Crippen molar-refractivity contribution in [2.24, 2.45) is 0 Å². The smallest absolute Gasteiger partial charge is 0.243 e. The molecule has 0 aliphatic heterocycles. The fourth-order valence-electron chi connectivity index (χ4n) is 3.14. The van der Waals surface area contributed by atoms with Gasteiger partial charge in [-0.25, -0.2) is 8.42 Å². The van der Waals surface area contributed by atoms with E-state index in [1.54, 1.807) is 24.5 Å². The van der Waals surface area contributed by atoms with E-state index in [4.69, 9.17) is 4.74 Å². The number of nitrogens with zero attached hydrogens (tertiary/aromatic N) is 6. The number of rotatable bonds is 8. The number of pyridine rings is 1. The number of ether oxygens (including phenoxy) is 1. The van der Waals surface area contributed by atoms with Gasteiger partial charge in [-0.2, -0.15) is 8.99 Å². The van der Waals surface area contributed by atoms with Crippen molar-refractivity contribution >= 4 is 10.0 Å². The molecular formula is C21H20N6O3S. The second kappa shape index (κ2) is 9.02. The molecule has 0 saturated heterocycles. The zero-order valence-electron chi connectivity index (χ0n) is 16.7. The Morgan fingerprint density at radius 2 is 1.77 bits per heavy atom. The molecule has 0 fully saturated rings. The average Bonchev–Trinajstić information content (AvgIpc) is 3.34. The van der Waals surface area contributed by atoms with Crippen molar-refractivity contribution < 1.29 is 13.2 Å². The quantitative estimate of drug-likeness (QED) is 0.418. The van der Waals surface area contributed by atoms with Crippen LogP contribution in [0, 0.1) is 0 Å². The van der Waals surface area contributed by atoms with Crippen LogP contribution in [-0.4, -0.2) is 45.0 Å². The Morgan fingerprint density at radius 3 is 2.45 bits per heavy atom. The predicted octanol–water partition coefficient (Wildman–Crippen LogP) is 2.46. The Hall–Kier alpha value is -3.63. The van der Waals surface area contributed by atoms with Crippen LogP contribution in [0.1, 0.15) is 11.1 Å². The van der Waals surface area contributed by atoms with E-state index in [-0.39, 0.29) is 18.0 Å². The third-order valence-corrected chi connectivity index (χ3v) is 6.46. The minimum atomic E-state index is -3.85. The Labute approximate surface area is 180 Å². The lowest BCUT2D eigenvalue weighted by atomic mass is 10.2. The number of methoxy groups -OCH3 is 1. The second-order valence-electron chi connectivity index (χ2n) is 6.71. The fraction of sp³-hybridized carbons (Fsp3) is 0.143. The molecule has 2 aromatic carbocycles. The van der Waals surface area contributed by atoms with Crippen LogP contribution in [0.2, 0.25) is 0 Å². The van der Waals surface area contributed by atoms with Gasteiger partial charge in [-0.1, -0.05) is 36.4 Å². The summed E-state index contributed by atoms with van der Waals surface area (Å²) in [4.78, 5) is 4.22. The first-order chi connectivity index (χ1) is 15.1. The van der Waals surface area contributed by atoms with Crippen LogP contribution in [0.15, 0.2) is 84.3 Å². The van der Waals surface area contributed by atoms with Gasteiger partial charge in [0.15, 0.2) is 0 Å².